The van der Waals surface area contributed by atoms with E-state index in [2.05, 4.69) is 0 Å². The Hall–Kier alpha value is -1.89. The molecule has 0 radical (unpaired) electrons. The van der Waals surface area contributed by atoms with E-state index in [0.29, 0.717) is 5.75 Å². The van der Waals surface area contributed by atoms with Crippen LogP contribution in [0.5, 0.6) is 11.5 Å². The molecule has 112 valence electrons. The first-order valence-corrected chi connectivity index (χ1v) is 5.93. The molecule has 0 aliphatic rings. The lowest BCUT2D eigenvalue weighted by atomic mass is 10.1. The Kier molecular flexibility index (Phi) is 6.17. The molecule has 1 aromatic rings. The predicted octanol–water partition coefficient (Wildman–Crippen LogP) is 1.40. The number of amides is 1. The minimum atomic E-state index is -2.67. The minimum absolute atomic E-state index is 0.141. The van der Waals surface area contributed by atoms with Gasteiger partial charge in [0.15, 0.2) is 0 Å². The number of ether oxygens (including phenoxy) is 2. The summed E-state index contributed by atoms with van der Waals surface area (Å²) in [6.45, 7) is -1.30. The average Bonchev–Trinajstić information content (AvgIpc) is 2.44. The van der Waals surface area contributed by atoms with Crippen molar-refractivity contribution >= 4 is 5.91 Å². The number of alkyl halides is 2. The molecule has 0 bridgehead atoms. The van der Waals surface area contributed by atoms with Crippen LogP contribution in [0.4, 0.5) is 8.78 Å². The topological polar surface area (TPSA) is 59.0 Å². The van der Waals surface area contributed by atoms with E-state index in [4.69, 9.17) is 14.6 Å². The fourth-order valence-corrected chi connectivity index (χ4v) is 1.71. The molecule has 1 amide bonds. The van der Waals surface area contributed by atoms with Crippen LogP contribution in [0.3, 0.4) is 0 Å². The van der Waals surface area contributed by atoms with Crippen LogP contribution in [-0.2, 0) is 0 Å². The highest BCUT2D eigenvalue weighted by molar-refractivity contribution is 5.97. The molecule has 5 nitrogen and oxygen atoms in total. The third-order valence-corrected chi connectivity index (χ3v) is 2.65. The molecule has 1 rings (SSSR count). The first kappa shape index (κ1) is 16.2. The Morgan fingerprint density at radius 3 is 2.55 bits per heavy atom. The van der Waals surface area contributed by atoms with Gasteiger partial charge < -0.3 is 19.5 Å². The van der Waals surface area contributed by atoms with Crippen molar-refractivity contribution < 1.29 is 28.2 Å². The summed E-state index contributed by atoms with van der Waals surface area (Å²) in [7, 11) is 2.83. The highest BCUT2D eigenvalue weighted by Crippen LogP contribution is 2.25. The standard InChI is InChI=1S/C13H17F2NO4/c1-19-9-3-4-10(11(7-9)20-2)13(18)16(5-6-17)8-12(14)15/h3-4,7,12,17H,5-6,8H2,1-2H3. The minimum Gasteiger partial charge on any atom is -0.497 e. The summed E-state index contributed by atoms with van der Waals surface area (Å²) in [5.41, 5.74) is 0.141. The molecule has 7 heteroatoms. The van der Waals surface area contributed by atoms with Crippen molar-refractivity contribution in [3.63, 3.8) is 0 Å². The highest BCUT2D eigenvalue weighted by Gasteiger charge is 2.22. The molecule has 0 aliphatic carbocycles. The fraction of sp³-hybridized carbons (Fsp3) is 0.462. The summed E-state index contributed by atoms with van der Waals surface area (Å²) >= 11 is 0. The largest absolute Gasteiger partial charge is 0.497 e. The van der Waals surface area contributed by atoms with E-state index in [0.717, 1.165) is 4.90 Å². The Balaban J connectivity index is 3.04. The molecule has 0 unspecified atom stereocenters. The fourth-order valence-electron chi connectivity index (χ4n) is 1.71. The first-order valence-electron chi connectivity index (χ1n) is 5.93. The van der Waals surface area contributed by atoms with E-state index in [1.807, 2.05) is 0 Å². The SMILES string of the molecule is COc1ccc(C(=O)N(CCO)CC(F)F)c(OC)c1. The Morgan fingerprint density at radius 2 is 2.05 bits per heavy atom. The van der Waals surface area contributed by atoms with Gasteiger partial charge in [-0.2, -0.15) is 0 Å². The molecule has 0 spiro atoms. The van der Waals surface area contributed by atoms with Crippen molar-refractivity contribution in [3.05, 3.63) is 23.8 Å². The van der Waals surface area contributed by atoms with Crippen LogP contribution in [0, 0.1) is 0 Å². The molecule has 20 heavy (non-hydrogen) atoms. The second-order valence-electron chi connectivity index (χ2n) is 3.93. The van der Waals surface area contributed by atoms with Gasteiger partial charge >= 0.3 is 0 Å². The zero-order chi connectivity index (χ0) is 15.1. The maximum absolute atomic E-state index is 12.5. The number of carbonyl (C=O) groups excluding carboxylic acids is 1. The van der Waals surface area contributed by atoms with E-state index < -0.39 is 25.5 Å². The van der Waals surface area contributed by atoms with Crippen molar-refractivity contribution in [2.24, 2.45) is 0 Å². The van der Waals surface area contributed by atoms with Gasteiger partial charge in [-0.25, -0.2) is 8.78 Å². The third kappa shape index (κ3) is 4.06. The molecular weight excluding hydrogens is 272 g/mol. The maximum atomic E-state index is 12.5. The average molecular weight is 289 g/mol. The summed E-state index contributed by atoms with van der Waals surface area (Å²) < 4.78 is 35.0. The number of hydrogen-bond donors (Lipinski definition) is 1. The first-order chi connectivity index (χ1) is 9.53. The van der Waals surface area contributed by atoms with Gasteiger partial charge in [-0.1, -0.05) is 0 Å². The third-order valence-electron chi connectivity index (χ3n) is 2.65. The second kappa shape index (κ2) is 7.64. The van der Waals surface area contributed by atoms with E-state index in [9.17, 15) is 13.6 Å². The number of benzene rings is 1. The summed E-state index contributed by atoms with van der Waals surface area (Å²) in [6.07, 6.45) is -2.67. The van der Waals surface area contributed by atoms with Gasteiger partial charge in [0, 0.05) is 12.6 Å². The lowest BCUT2D eigenvalue weighted by molar-refractivity contribution is 0.0506. The number of methoxy groups -OCH3 is 2. The second-order valence-corrected chi connectivity index (χ2v) is 3.93. The monoisotopic (exact) mass is 289 g/mol. The zero-order valence-corrected chi connectivity index (χ0v) is 11.3. The number of halogens is 2. The van der Waals surface area contributed by atoms with Crippen molar-refractivity contribution in [2.75, 3.05) is 33.9 Å². The molecule has 0 aliphatic heterocycles. The van der Waals surface area contributed by atoms with Gasteiger partial charge in [0.2, 0.25) is 0 Å². The lowest BCUT2D eigenvalue weighted by Gasteiger charge is -2.22. The van der Waals surface area contributed by atoms with Crippen molar-refractivity contribution in [3.8, 4) is 11.5 Å². The molecule has 0 saturated carbocycles. The van der Waals surface area contributed by atoms with Gasteiger partial charge in [-0.3, -0.25) is 4.79 Å². The predicted molar refractivity (Wildman–Crippen MR) is 68.5 cm³/mol. The number of nitrogens with zero attached hydrogens (tertiary/aromatic N) is 1. The summed E-state index contributed by atoms with van der Waals surface area (Å²) in [5, 5.41) is 8.86. The molecule has 0 fully saturated rings. The molecular formula is C13H17F2NO4. The van der Waals surface area contributed by atoms with Crippen LogP contribution >= 0.6 is 0 Å². The van der Waals surface area contributed by atoms with Crippen LogP contribution in [0.15, 0.2) is 18.2 Å². The molecule has 0 heterocycles. The Labute approximate surface area is 115 Å². The van der Waals surface area contributed by atoms with Crippen molar-refractivity contribution in [1.29, 1.82) is 0 Å². The lowest BCUT2D eigenvalue weighted by Crippen LogP contribution is -2.37. The van der Waals surface area contributed by atoms with Gasteiger partial charge in [0.05, 0.1) is 32.9 Å². The van der Waals surface area contributed by atoms with Gasteiger partial charge in [0.1, 0.15) is 11.5 Å². The summed E-state index contributed by atoms with van der Waals surface area (Å²) in [4.78, 5) is 13.1. The summed E-state index contributed by atoms with van der Waals surface area (Å²) in [5.74, 6) is 0.0892. The molecule has 0 atom stereocenters. The van der Waals surface area contributed by atoms with Crippen LogP contribution < -0.4 is 9.47 Å². The van der Waals surface area contributed by atoms with Crippen LogP contribution in [0.2, 0.25) is 0 Å². The Bertz CT molecular complexity index is 454. The van der Waals surface area contributed by atoms with Gasteiger partial charge in [-0.05, 0) is 12.1 Å². The van der Waals surface area contributed by atoms with Crippen molar-refractivity contribution in [1.82, 2.24) is 4.90 Å². The van der Waals surface area contributed by atoms with E-state index in [-0.39, 0.29) is 17.9 Å². The van der Waals surface area contributed by atoms with Crippen LogP contribution in [-0.4, -0.2) is 56.3 Å². The molecule has 0 saturated heterocycles. The van der Waals surface area contributed by atoms with Crippen molar-refractivity contribution in [2.45, 2.75) is 6.43 Å². The van der Waals surface area contributed by atoms with E-state index >= 15 is 0 Å². The number of hydrogen-bond acceptors (Lipinski definition) is 4. The summed E-state index contributed by atoms with van der Waals surface area (Å²) in [6, 6.07) is 4.47. The number of aliphatic hydroxyl groups excluding tert-OH is 1. The Morgan fingerprint density at radius 1 is 1.35 bits per heavy atom. The van der Waals surface area contributed by atoms with E-state index in [1.54, 1.807) is 0 Å². The van der Waals surface area contributed by atoms with Gasteiger partial charge in [-0.15, -0.1) is 0 Å². The molecule has 1 N–H and O–H groups in total. The quantitative estimate of drug-likeness (QED) is 0.824. The smallest absolute Gasteiger partial charge is 0.257 e. The molecule has 0 aromatic heterocycles. The number of carbonyl (C=O) groups is 1. The van der Waals surface area contributed by atoms with Crippen LogP contribution in [0.1, 0.15) is 10.4 Å². The number of rotatable bonds is 7. The van der Waals surface area contributed by atoms with Crippen LogP contribution in [0.25, 0.3) is 0 Å². The zero-order valence-electron chi connectivity index (χ0n) is 11.3. The van der Waals surface area contributed by atoms with Gasteiger partial charge in [0.25, 0.3) is 12.3 Å². The molecule has 1 aromatic carbocycles. The normalized spacial score (nSPS) is 10.5. The number of aliphatic hydroxyl groups is 1. The highest BCUT2D eigenvalue weighted by atomic mass is 19.3. The maximum Gasteiger partial charge on any atom is 0.257 e. The van der Waals surface area contributed by atoms with E-state index in [1.165, 1.54) is 32.4 Å².